The van der Waals surface area contributed by atoms with Crippen molar-refractivity contribution in [3.63, 3.8) is 0 Å². The van der Waals surface area contributed by atoms with Gasteiger partial charge in [0.15, 0.2) is 0 Å². The van der Waals surface area contributed by atoms with Crippen LogP contribution in [0.5, 0.6) is 0 Å². The van der Waals surface area contributed by atoms with Gasteiger partial charge in [-0.15, -0.1) is 0 Å². The van der Waals surface area contributed by atoms with Gasteiger partial charge in [-0.25, -0.2) is 0 Å². The molecular weight excluding hydrogens is 154 g/mol. The van der Waals surface area contributed by atoms with Gasteiger partial charge in [0.1, 0.15) is 0 Å². The molecular formula is C9H17NO2. The zero-order valence-electron chi connectivity index (χ0n) is 7.28. The quantitative estimate of drug-likeness (QED) is 0.640. The Labute approximate surface area is 72.9 Å². The smallest absolute Gasteiger partial charge is 0.0633 e. The Kier molecular flexibility index (Phi) is 2.35. The van der Waals surface area contributed by atoms with E-state index in [1.807, 2.05) is 0 Å². The normalized spacial score (nSPS) is 42.0. The summed E-state index contributed by atoms with van der Waals surface area (Å²) in [7, 11) is 0. The van der Waals surface area contributed by atoms with E-state index >= 15 is 0 Å². The molecule has 2 saturated heterocycles. The Morgan fingerprint density at radius 2 is 2.33 bits per heavy atom. The lowest BCUT2D eigenvalue weighted by Gasteiger charge is -2.23. The summed E-state index contributed by atoms with van der Waals surface area (Å²) >= 11 is 0. The lowest BCUT2D eigenvalue weighted by molar-refractivity contribution is 0.0401. The van der Waals surface area contributed by atoms with Crippen LogP contribution in [0.4, 0.5) is 0 Å². The van der Waals surface area contributed by atoms with Crippen molar-refractivity contribution in [2.75, 3.05) is 6.54 Å². The van der Waals surface area contributed by atoms with E-state index in [4.69, 9.17) is 10.5 Å². The van der Waals surface area contributed by atoms with Gasteiger partial charge < -0.3 is 15.6 Å². The number of rotatable bonds is 3. The molecule has 0 amide bonds. The van der Waals surface area contributed by atoms with E-state index in [0.717, 1.165) is 19.3 Å². The number of hydrogen-bond donors (Lipinski definition) is 2. The summed E-state index contributed by atoms with van der Waals surface area (Å²) in [4.78, 5) is 0. The van der Waals surface area contributed by atoms with Gasteiger partial charge in [0.05, 0.1) is 18.3 Å². The molecule has 2 aliphatic rings. The van der Waals surface area contributed by atoms with Gasteiger partial charge >= 0.3 is 0 Å². The molecule has 3 N–H and O–H groups in total. The molecule has 0 spiro atoms. The third-order valence-corrected chi connectivity index (χ3v) is 3.11. The van der Waals surface area contributed by atoms with Crippen molar-refractivity contribution < 1.29 is 9.84 Å². The summed E-state index contributed by atoms with van der Waals surface area (Å²) in [5.41, 5.74) is 5.39. The SMILES string of the molecule is NCC[C@H](O)C1CC2CCC1O2. The number of ether oxygens (including phenoxy) is 1. The molecule has 2 fully saturated rings. The topological polar surface area (TPSA) is 55.5 Å². The van der Waals surface area contributed by atoms with Crippen molar-refractivity contribution in [1.82, 2.24) is 0 Å². The average Bonchev–Trinajstić information content (AvgIpc) is 2.64. The summed E-state index contributed by atoms with van der Waals surface area (Å²) < 4.78 is 5.65. The number of aliphatic hydroxyl groups excluding tert-OH is 1. The van der Waals surface area contributed by atoms with Crippen LogP contribution >= 0.6 is 0 Å². The highest BCUT2D eigenvalue weighted by Crippen LogP contribution is 2.40. The Bertz CT molecular complexity index is 163. The minimum atomic E-state index is -0.231. The number of hydrogen-bond acceptors (Lipinski definition) is 3. The molecule has 0 radical (unpaired) electrons. The molecule has 2 bridgehead atoms. The van der Waals surface area contributed by atoms with Crippen LogP contribution in [-0.4, -0.2) is 30.0 Å². The molecule has 0 saturated carbocycles. The third kappa shape index (κ3) is 1.37. The van der Waals surface area contributed by atoms with Gasteiger partial charge in [-0.05, 0) is 32.2 Å². The molecule has 0 aromatic heterocycles. The molecule has 12 heavy (non-hydrogen) atoms. The Morgan fingerprint density at radius 3 is 2.83 bits per heavy atom. The van der Waals surface area contributed by atoms with E-state index in [-0.39, 0.29) is 6.10 Å². The molecule has 3 nitrogen and oxygen atoms in total. The molecule has 2 rings (SSSR count). The lowest BCUT2D eigenvalue weighted by atomic mass is 9.84. The van der Waals surface area contributed by atoms with Crippen LogP contribution < -0.4 is 5.73 Å². The van der Waals surface area contributed by atoms with Crippen LogP contribution in [0.2, 0.25) is 0 Å². The number of nitrogens with two attached hydrogens (primary N) is 1. The molecule has 0 aliphatic carbocycles. The Hall–Kier alpha value is -0.120. The van der Waals surface area contributed by atoms with Crippen molar-refractivity contribution in [3.05, 3.63) is 0 Å². The van der Waals surface area contributed by atoms with E-state index in [0.29, 0.717) is 24.7 Å². The standard InChI is InChI=1S/C9H17NO2/c10-4-3-8(11)7-5-6-1-2-9(7)12-6/h6-9,11H,1-5,10H2/t6?,7?,8-,9?/m0/s1. The lowest BCUT2D eigenvalue weighted by Crippen LogP contribution is -2.30. The second-order valence-corrected chi connectivity index (χ2v) is 3.92. The molecule has 2 heterocycles. The van der Waals surface area contributed by atoms with Crippen LogP contribution in [0.15, 0.2) is 0 Å². The Balaban J connectivity index is 1.89. The summed E-state index contributed by atoms with van der Waals surface area (Å²) in [6.45, 7) is 0.578. The highest BCUT2D eigenvalue weighted by Gasteiger charge is 2.43. The van der Waals surface area contributed by atoms with Crippen molar-refractivity contribution in [3.8, 4) is 0 Å². The maximum Gasteiger partial charge on any atom is 0.0633 e. The van der Waals surface area contributed by atoms with Crippen LogP contribution in [0.25, 0.3) is 0 Å². The van der Waals surface area contributed by atoms with Gasteiger partial charge in [-0.2, -0.15) is 0 Å². The average molecular weight is 171 g/mol. The maximum absolute atomic E-state index is 9.71. The summed E-state index contributed by atoms with van der Waals surface area (Å²) in [5.74, 6) is 0.368. The van der Waals surface area contributed by atoms with Crippen LogP contribution in [0, 0.1) is 5.92 Å². The van der Waals surface area contributed by atoms with Crippen molar-refractivity contribution in [2.45, 2.75) is 44.0 Å². The van der Waals surface area contributed by atoms with Gasteiger partial charge in [-0.3, -0.25) is 0 Å². The zero-order valence-corrected chi connectivity index (χ0v) is 7.28. The van der Waals surface area contributed by atoms with E-state index in [1.165, 1.54) is 6.42 Å². The van der Waals surface area contributed by atoms with Crippen LogP contribution in [0.1, 0.15) is 25.7 Å². The summed E-state index contributed by atoms with van der Waals surface area (Å²) in [6.07, 6.45) is 4.63. The van der Waals surface area contributed by atoms with E-state index in [1.54, 1.807) is 0 Å². The highest BCUT2D eigenvalue weighted by molar-refractivity contribution is 4.92. The van der Waals surface area contributed by atoms with Gasteiger partial charge in [-0.1, -0.05) is 0 Å². The second kappa shape index (κ2) is 3.32. The maximum atomic E-state index is 9.71. The van der Waals surface area contributed by atoms with Crippen molar-refractivity contribution >= 4 is 0 Å². The Morgan fingerprint density at radius 1 is 1.50 bits per heavy atom. The molecule has 3 heteroatoms. The highest BCUT2D eigenvalue weighted by atomic mass is 16.5. The predicted octanol–water partition coefficient (Wildman–Crippen LogP) is 0.264. The van der Waals surface area contributed by atoms with Crippen LogP contribution in [-0.2, 0) is 4.74 Å². The first-order valence-electron chi connectivity index (χ1n) is 4.85. The molecule has 4 atom stereocenters. The molecule has 0 aromatic carbocycles. The minimum absolute atomic E-state index is 0.231. The first kappa shape index (κ1) is 8.48. The number of fused-ring (bicyclic) bond motifs is 2. The fourth-order valence-electron chi connectivity index (χ4n) is 2.47. The molecule has 3 unspecified atom stereocenters. The monoisotopic (exact) mass is 171 g/mol. The largest absolute Gasteiger partial charge is 0.393 e. The van der Waals surface area contributed by atoms with Crippen LogP contribution in [0.3, 0.4) is 0 Å². The zero-order chi connectivity index (χ0) is 8.55. The second-order valence-electron chi connectivity index (χ2n) is 3.92. The predicted molar refractivity (Wildman–Crippen MR) is 45.7 cm³/mol. The molecule has 2 aliphatic heterocycles. The summed E-state index contributed by atoms with van der Waals surface area (Å²) in [6, 6.07) is 0. The minimum Gasteiger partial charge on any atom is -0.393 e. The fourth-order valence-corrected chi connectivity index (χ4v) is 2.47. The first-order valence-corrected chi connectivity index (χ1v) is 4.85. The van der Waals surface area contributed by atoms with E-state index < -0.39 is 0 Å². The van der Waals surface area contributed by atoms with Gasteiger partial charge in [0.2, 0.25) is 0 Å². The van der Waals surface area contributed by atoms with Crippen molar-refractivity contribution in [1.29, 1.82) is 0 Å². The van der Waals surface area contributed by atoms with Gasteiger partial charge in [0, 0.05) is 5.92 Å². The van der Waals surface area contributed by atoms with Crippen molar-refractivity contribution in [2.24, 2.45) is 11.7 Å². The number of aliphatic hydroxyl groups is 1. The van der Waals surface area contributed by atoms with Gasteiger partial charge in [0.25, 0.3) is 0 Å². The van der Waals surface area contributed by atoms with E-state index in [9.17, 15) is 5.11 Å². The summed E-state index contributed by atoms with van der Waals surface area (Å²) in [5, 5.41) is 9.71. The third-order valence-electron chi connectivity index (χ3n) is 3.11. The van der Waals surface area contributed by atoms with E-state index in [2.05, 4.69) is 0 Å². The molecule has 0 aromatic rings. The molecule has 70 valence electrons. The first-order chi connectivity index (χ1) is 5.81. The fraction of sp³-hybridized carbons (Fsp3) is 1.00.